The van der Waals surface area contributed by atoms with E-state index in [0.717, 1.165) is 30.4 Å². The van der Waals surface area contributed by atoms with Crippen molar-refractivity contribution in [3.63, 3.8) is 0 Å². The minimum Gasteiger partial charge on any atom is -0.312 e. The third-order valence-corrected chi connectivity index (χ3v) is 5.53. The molecule has 118 valence electrons. The van der Waals surface area contributed by atoms with Gasteiger partial charge >= 0.3 is 0 Å². The maximum Gasteiger partial charge on any atom is 0.256 e. The van der Waals surface area contributed by atoms with Crippen molar-refractivity contribution in [2.24, 2.45) is 0 Å². The number of aryl methyl sites for hydroxylation is 2. The Hall–Kier alpha value is -2.12. The van der Waals surface area contributed by atoms with Gasteiger partial charge in [-0.25, -0.2) is 0 Å². The Morgan fingerprint density at radius 2 is 1.83 bits per heavy atom. The van der Waals surface area contributed by atoms with E-state index < -0.39 is 0 Å². The monoisotopic (exact) mass is 324 g/mol. The standard InChI is InChI=1S/C19H20N2OS/c1-13-8-10-14(11-9-13)18(22)21-19-16(12-20)15-6-4-2-3-5-7-17(15)23-19/h8-11H,2-7H2,1H3,(H,21,22). The van der Waals surface area contributed by atoms with E-state index in [1.165, 1.54) is 24.1 Å². The molecule has 1 heterocycles. The molecule has 0 saturated heterocycles. The highest BCUT2D eigenvalue weighted by Gasteiger charge is 2.20. The van der Waals surface area contributed by atoms with E-state index >= 15 is 0 Å². The second kappa shape index (κ2) is 6.97. The SMILES string of the molecule is Cc1ccc(C(=O)Nc2sc3c(c2C#N)CCCCCC3)cc1. The fourth-order valence-corrected chi connectivity index (χ4v) is 4.24. The predicted molar refractivity (Wildman–Crippen MR) is 94.0 cm³/mol. The molecule has 3 nitrogen and oxygen atoms in total. The first-order valence-electron chi connectivity index (χ1n) is 8.11. The van der Waals surface area contributed by atoms with Crippen LogP contribution in [0.1, 0.15) is 57.6 Å². The molecule has 1 aliphatic carbocycles. The minimum absolute atomic E-state index is 0.143. The molecule has 0 spiro atoms. The van der Waals surface area contributed by atoms with Crippen molar-refractivity contribution in [1.82, 2.24) is 0 Å². The highest BCUT2D eigenvalue weighted by molar-refractivity contribution is 7.16. The van der Waals surface area contributed by atoms with E-state index in [-0.39, 0.29) is 5.91 Å². The van der Waals surface area contributed by atoms with Crippen LogP contribution >= 0.6 is 11.3 Å². The molecule has 1 N–H and O–H groups in total. The largest absolute Gasteiger partial charge is 0.312 e. The molecule has 23 heavy (non-hydrogen) atoms. The molecule has 1 aliphatic rings. The number of amides is 1. The molecular weight excluding hydrogens is 304 g/mol. The van der Waals surface area contributed by atoms with Gasteiger partial charge in [0.2, 0.25) is 0 Å². The molecule has 2 aromatic rings. The molecule has 0 unspecified atom stereocenters. The lowest BCUT2D eigenvalue weighted by Gasteiger charge is -2.08. The number of nitrogens with zero attached hydrogens (tertiary/aromatic N) is 1. The zero-order valence-corrected chi connectivity index (χ0v) is 14.1. The molecule has 0 radical (unpaired) electrons. The van der Waals surface area contributed by atoms with Gasteiger partial charge in [0.1, 0.15) is 11.1 Å². The van der Waals surface area contributed by atoms with Crippen LogP contribution in [-0.2, 0) is 12.8 Å². The first-order chi connectivity index (χ1) is 11.2. The van der Waals surface area contributed by atoms with Crippen LogP contribution in [0, 0.1) is 18.3 Å². The summed E-state index contributed by atoms with van der Waals surface area (Å²) in [4.78, 5) is 13.7. The number of fused-ring (bicyclic) bond motifs is 1. The smallest absolute Gasteiger partial charge is 0.256 e. The minimum atomic E-state index is -0.143. The summed E-state index contributed by atoms with van der Waals surface area (Å²) >= 11 is 1.58. The van der Waals surface area contributed by atoms with Crippen molar-refractivity contribution in [3.8, 4) is 6.07 Å². The Morgan fingerprint density at radius 1 is 1.13 bits per heavy atom. The summed E-state index contributed by atoms with van der Waals surface area (Å²) in [6.45, 7) is 1.99. The van der Waals surface area contributed by atoms with Crippen LogP contribution in [0.3, 0.4) is 0 Å². The lowest BCUT2D eigenvalue weighted by Crippen LogP contribution is -2.11. The summed E-state index contributed by atoms with van der Waals surface area (Å²) in [6.07, 6.45) is 6.76. The van der Waals surface area contributed by atoms with Crippen molar-refractivity contribution >= 4 is 22.2 Å². The highest BCUT2D eigenvalue weighted by Crippen LogP contribution is 2.36. The maximum atomic E-state index is 12.4. The van der Waals surface area contributed by atoms with E-state index in [9.17, 15) is 10.1 Å². The van der Waals surface area contributed by atoms with Gasteiger partial charge in [-0.15, -0.1) is 11.3 Å². The lowest BCUT2D eigenvalue weighted by atomic mass is 9.97. The van der Waals surface area contributed by atoms with Crippen LogP contribution in [0.5, 0.6) is 0 Å². The third-order valence-electron chi connectivity index (χ3n) is 4.32. The van der Waals surface area contributed by atoms with Crippen LogP contribution < -0.4 is 5.32 Å². The quantitative estimate of drug-likeness (QED) is 0.859. The molecule has 0 bridgehead atoms. The number of hydrogen-bond donors (Lipinski definition) is 1. The molecule has 0 aliphatic heterocycles. The topological polar surface area (TPSA) is 52.9 Å². The summed E-state index contributed by atoms with van der Waals surface area (Å²) in [5.41, 5.74) is 3.59. The van der Waals surface area contributed by atoms with E-state index in [4.69, 9.17) is 0 Å². The van der Waals surface area contributed by atoms with Crippen molar-refractivity contribution in [2.75, 3.05) is 5.32 Å². The summed E-state index contributed by atoms with van der Waals surface area (Å²) in [5.74, 6) is -0.143. The third kappa shape index (κ3) is 3.46. The molecule has 4 heteroatoms. The average Bonchev–Trinajstić information content (AvgIpc) is 2.83. The average molecular weight is 324 g/mol. The molecule has 1 aromatic heterocycles. The van der Waals surface area contributed by atoms with Crippen LogP contribution in [0.4, 0.5) is 5.00 Å². The summed E-state index contributed by atoms with van der Waals surface area (Å²) in [7, 11) is 0. The number of anilines is 1. The van der Waals surface area contributed by atoms with Crippen LogP contribution in [0.25, 0.3) is 0 Å². The van der Waals surface area contributed by atoms with Gasteiger partial charge in [0.05, 0.1) is 5.56 Å². The lowest BCUT2D eigenvalue weighted by molar-refractivity contribution is 0.102. The molecule has 3 rings (SSSR count). The Labute approximate surface area is 141 Å². The number of nitrogens with one attached hydrogen (secondary N) is 1. The van der Waals surface area contributed by atoms with Crippen LogP contribution in [0.2, 0.25) is 0 Å². The van der Waals surface area contributed by atoms with Crippen molar-refractivity contribution in [2.45, 2.75) is 45.4 Å². The van der Waals surface area contributed by atoms with E-state index in [2.05, 4.69) is 11.4 Å². The molecule has 0 atom stereocenters. The van der Waals surface area contributed by atoms with E-state index in [0.29, 0.717) is 16.1 Å². The van der Waals surface area contributed by atoms with Crippen molar-refractivity contribution in [3.05, 3.63) is 51.4 Å². The van der Waals surface area contributed by atoms with E-state index in [1.54, 1.807) is 11.3 Å². The normalized spacial score (nSPS) is 14.3. The van der Waals surface area contributed by atoms with Crippen molar-refractivity contribution in [1.29, 1.82) is 5.26 Å². The Balaban J connectivity index is 1.87. The second-order valence-corrected chi connectivity index (χ2v) is 7.16. The summed E-state index contributed by atoms with van der Waals surface area (Å²) in [6, 6.07) is 9.80. The number of thiophene rings is 1. The number of hydrogen-bond acceptors (Lipinski definition) is 3. The highest BCUT2D eigenvalue weighted by atomic mass is 32.1. The Kier molecular flexibility index (Phi) is 4.78. The van der Waals surface area contributed by atoms with Gasteiger partial charge in [-0.05, 0) is 50.3 Å². The zero-order valence-electron chi connectivity index (χ0n) is 13.3. The number of rotatable bonds is 2. The summed E-state index contributed by atoms with van der Waals surface area (Å²) < 4.78 is 0. The van der Waals surface area contributed by atoms with Crippen molar-refractivity contribution < 1.29 is 4.79 Å². The fourth-order valence-electron chi connectivity index (χ4n) is 3.01. The van der Waals surface area contributed by atoms with Gasteiger partial charge < -0.3 is 5.32 Å². The molecule has 1 aromatic carbocycles. The number of nitriles is 1. The summed E-state index contributed by atoms with van der Waals surface area (Å²) in [5, 5.41) is 13.2. The number of carbonyl (C=O) groups is 1. The number of benzene rings is 1. The maximum absolute atomic E-state index is 12.4. The van der Waals surface area contributed by atoms with Gasteiger partial charge in [-0.1, -0.05) is 30.5 Å². The van der Waals surface area contributed by atoms with Gasteiger partial charge in [0.25, 0.3) is 5.91 Å². The predicted octanol–water partition coefficient (Wildman–Crippen LogP) is 4.84. The number of carbonyl (C=O) groups excluding carboxylic acids is 1. The van der Waals surface area contributed by atoms with Gasteiger partial charge in [0, 0.05) is 10.4 Å². The first-order valence-corrected chi connectivity index (χ1v) is 8.93. The zero-order chi connectivity index (χ0) is 16.2. The Bertz CT molecular complexity index is 753. The van der Waals surface area contributed by atoms with Gasteiger partial charge in [-0.3, -0.25) is 4.79 Å². The first kappa shape index (κ1) is 15.8. The molecule has 0 fully saturated rings. The van der Waals surface area contributed by atoms with E-state index in [1.807, 2.05) is 31.2 Å². The fraction of sp³-hybridized carbons (Fsp3) is 0.368. The van der Waals surface area contributed by atoms with Crippen LogP contribution in [-0.4, -0.2) is 5.91 Å². The van der Waals surface area contributed by atoms with Gasteiger partial charge in [-0.2, -0.15) is 5.26 Å². The van der Waals surface area contributed by atoms with Gasteiger partial charge in [0.15, 0.2) is 0 Å². The molecular formula is C19H20N2OS. The molecule has 1 amide bonds. The molecule has 0 saturated carbocycles. The van der Waals surface area contributed by atoms with Crippen LogP contribution in [0.15, 0.2) is 24.3 Å². The Morgan fingerprint density at radius 3 is 2.52 bits per heavy atom. The second-order valence-electron chi connectivity index (χ2n) is 6.05.